The van der Waals surface area contributed by atoms with E-state index in [1.165, 1.54) is 4.90 Å². The predicted molar refractivity (Wildman–Crippen MR) is 117 cm³/mol. The topological polar surface area (TPSA) is 62.3 Å². The van der Waals surface area contributed by atoms with Crippen LogP contribution in [-0.4, -0.2) is 21.8 Å². The number of nitrogens with zero attached hydrogens (tertiary/aromatic N) is 2. The van der Waals surface area contributed by atoms with Crippen LogP contribution >= 0.6 is 11.6 Å². The molecule has 1 aliphatic heterocycles. The summed E-state index contributed by atoms with van der Waals surface area (Å²) in [6, 6.07) is 20.5. The second kappa shape index (κ2) is 6.82. The van der Waals surface area contributed by atoms with E-state index in [1.54, 1.807) is 19.2 Å². The van der Waals surface area contributed by atoms with Gasteiger partial charge in [0.05, 0.1) is 12.1 Å². The third kappa shape index (κ3) is 2.74. The Bertz CT molecular complexity index is 1330. The molecule has 0 spiro atoms. The lowest BCUT2D eigenvalue weighted by molar-refractivity contribution is -0.131. The standard InChI is InChI=1S/C24H18ClN3O2/c1-24(19-10-4-7-15-6-2-3-8-17(15)19)22(29)28(23(30)27-24)14-16-11-12-20(25)18-9-5-13-26-21(16)18/h2-13H,14H2,1H3,(H,27,30)/t24-/m0/s1. The van der Waals surface area contributed by atoms with Gasteiger partial charge in [-0.05, 0) is 47.0 Å². The largest absolute Gasteiger partial charge is 0.325 e. The lowest BCUT2D eigenvalue weighted by Crippen LogP contribution is -2.41. The van der Waals surface area contributed by atoms with Crippen LogP contribution in [0.25, 0.3) is 21.7 Å². The van der Waals surface area contributed by atoms with Crippen LogP contribution < -0.4 is 5.32 Å². The minimum atomic E-state index is -1.15. The zero-order valence-corrected chi connectivity index (χ0v) is 17.0. The third-order valence-electron chi connectivity index (χ3n) is 5.73. The van der Waals surface area contributed by atoms with Gasteiger partial charge >= 0.3 is 6.03 Å². The van der Waals surface area contributed by atoms with E-state index in [1.807, 2.05) is 60.7 Å². The van der Waals surface area contributed by atoms with E-state index < -0.39 is 11.6 Å². The minimum Gasteiger partial charge on any atom is -0.319 e. The summed E-state index contributed by atoms with van der Waals surface area (Å²) in [4.78, 5) is 32.0. The molecule has 2 heterocycles. The van der Waals surface area contributed by atoms with Gasteiger partial charge in [-0.25, -0.2) is 4.79 Å². The van der Waals surface area contributed by atoms with Gasteiger partial charge in [0.15, 0.2) is 0 Å². The molecule has 1 fully saturated rings. The third-order valence-corrected chi connectivity index (χ3v) is 6.06. The van der Waals surface area contributed by atoms with Crippen LogP contribution in [0.2, 0.25) is 5.02 Å². The van der Waals surface area contributed by atoms with E-state index in [0.29, 0.717) is 10.5 Å². The molecule has 1 saturated heterocycles. The van der Waals surface area contributed by atoms with Crippen molar-refractivity contribution in [2.45, 2.75) is 19.0 Å². The first kappa shape index (κ1) is 18.6. The van der Waals surface area contributed by atoms with Gasteiger partial charge in [0.25, 0.3) is 5.91 Å². The quantitative estimate of drug-likeness (QED) is 0.478. The molecule has 1 atom stereocenters. The Morgan fingerprint density at radius 1 is 0.967 bits per heavy atom. The van der Waals surface area contributed by atoms with E-state index in [2.05, 4.69) is 10.3 Å². The van der Waals surface area contributed by atoms with E-state index >= 15 is 0 Å². The number of halogens is 1. The highest BCUT2D eigenvalue weighted by molar-refractivity contribution is 6.35. The summed E-state index contributed by atoms with van der Waals surface area (Å²) >= 11 is 6.28. The number of pyridine rings is 1. The van der Waals surface area contributed by atoms with E-state index in [0.717, 1.165) is 27.3 Å². The van der Waals surface area contributed by atoms with Crippen LogP contribution in [0.15, 0.2) is 72.9 Å². The zero-order chi connectivity index (χ0) is 20.9. The lowest BCUT2D eigenvalue weighted by atomic mass is 9.87. The fourth-order valence-electron chi connectivity index (χ4n) is 4.18. The summed E-state index contributed by atoms with van der Waals surface area (Å²) in [6.45, 7) is 1.88. The van der Waals surface area contributed by atoms with Crippen molar-refractivity contribution < 1.29 is 9.59 Å². The van der Waals surface area contributed by atoms with E-state index in [9.17, 15) is 9.59 Å². The highest BCUT2D eigenvalue weighted by atomic mass is 35.5. The Labute approximate surface area is 178 Å². The van der Waals surface area contributed by atoms with Crippen molar-refractivity contribution in [3.8, 4) is 0 Å². The molecule has 0 unspecified atom stereocenters. The second-order valence-corrected chi connectivity index (χ2v) is 7.99. The smallest absolute Gasteiger partial charge is 0.319 e. The highest BCUT2D eigenvalue weighted by Crippen LogP contribution is 2.35. The average molecular weight is 416 g/mol. The molecule has 30 heavy (non-hydrogen) atoms. The van der Waals surface area contributed by atoms with Crippen LogP contribution in [0, 0.1) is 0 Å². The molecule has 0 bridgehead atoms. The number of carbonyl (C=O) groups is 2. The molecular weight excluding hydrogens is 398 g/mol. The Morgan fingerprint density at radius 2 is 1.73 bits per heavy atom. The van der Waals surface area contributed by atoms with Crippen LogP contribution in [0.1, 0.15) is 18.1 Å². The van der Waals surface area contributed by atoms with Crippen molar-refractivity contribution in [1.29, 1.82) is 0 Å². The number of aromatic nitrogens is 1. The Kier molecular flexibility index (Phi) is 4.22. The van der Waals surface area contributed by atoms with Crippen molar-refractivity contribution in [1.82, 2.24) is 15.2 Å². The van der Waals surface area contributed by atoms with Gasteiger partial charge in [-0.3, -0.25) is 14.7 Å². The van der Waals surface area contributed by atoms with Crippen molar-refractivity contribution in [3.05, 3.63) is 89.1 Å². The van der Waals surface area contributed by atoms with Gasteiger partial charge in [0, 0.05) is 16.6 Å². The number of carbonyl (C=O) groups excluding carboxylic acids is 2. The second-order valence-electron chi connectivity index (χ2n) is 7.58. The number of rotatable bonds is 3. The van der Waals surface area contributed by atoms with Gasteiger partial charge in [-0.2, -0.15) is 0 Å². The maximum atomic E-state index is 13.5. The fraction of sp³-hybridized carbons (Fsp3) is 0.125. The minimum absolute atomic E-state index is 0.121. The van der Waals surface area contributed by atoms with E-state index in [-0.39, 0.29) is 12.5 Å². The molecule has 5 nitrogen and oxygen atoms in total. The molecule has 0 saturated carbocycles. The van der Waals surface area contributed by atoms with Gasteiger partial charge in [-0.1, -0.05) is 60.1 Å². The van der Waals surface area contributed by atoms with Crippen LogP contribution in [0.4, 0.5) is 4.79 Å². The number of amides is 3. The van der Waals surface area contributed by atoms with Crippen LogP contribution in [0.3, 0.4) is 0 Å². The number of benzene rings is 3. The molecule has 3 amide bonds. The molecule has 1 aliphatic rings. The van der Waals surface area contributed by atoms with Crippen molar-refractivity contribution in [2.24, 2.45) is 0 Å². The predicted octanol–water partition coefficient (Wildman–Crippen LogP) is 5.01. The van der Waals surface area contributed by atoms with Gasteiger partial charge in [-0.15, -0.1) is 0 Å². The Balaban J connectivity index is 1.56. The molecular formula is C24H18ClN3O2. The van der Waals surface area contributed by atoms with Crippen molar-refractivity contribution in [3.63, 3.8) is 0 Å². The highest BCUT2D eigenvalue weighted by Gasteiger charge is 2.49. The summed E-state index contributed by atoms with van der Waals surface area (Å²) in [5.41, 5.74) is 1.08. The molecule has 5 rings (SSSR count). The number of nitrogens with one attached hydrogen (secondary N) is 1. The average Bonchev–Trinajstić information content (AvgIpc) is 2.99. The van der Waals surface area contributed by atoms with Crippen molar-refractivity contribution >= 4 is 45.2 Å². The first-order chi connectivity index (χ1) is 14.5. The number of hydrogen-bond donors (Lipinski definition) is 1. The zero-order valence-electron chi connectivity index (χ0n) is 16.2. The fourth-order valence-corrected chi connectivity index (χ4v) is 4.39. The summed E-state index contributed by atoms with van der Waals surface area (Å²) in [7, 11) is 0. The molecule has 1 N–H and O–H groups in total. The number of fused-ring (bicyclic) bond motifs is 2. The number of hydrogen-bond acceptors (Lipinski definition) is 3. The Morgan fingerprint density at radius 3 is 2.60 bits per heavy atom. The number of urea groups is 1. The summed E-state index contributed by atoms with van der Waals surface area (Å²) < 4.78 is 0. The lowest BCUT2D eigenvalue weighted by Gasteiger charge is -2.24. The molecule has 3 aromatic carbocycles. The SMILES string of the molecule is C[C@@]1(c2cccc3ccccc23)NC(=O)N(Cc2ccc(Cl)c3cccnc23)C1=O. The van der Waals surface area contributed by atoms with Crippen LogP contribution in [0.5, 0.6) is 0 Å². The maximum absolute atomic E-state index is 13.5. The molecule has 4 aromatic rings. The van der Waals surface area contributed by atoms with Gasteiger partial charge in [0.1, 0.15) is 5.54 Å². The Hall–Kier alpha value is -3.44. The van der Waals surface area contributed by atoms with Gasteiger partial charge in [0.2, 0.25) is 0 Å². The summed E-state index contributed by atoms with van der Waals surface area (Å²) in [6.07, 6.45) is 1.67. The monoisotopic (exact) mass is 415 g/mol. The maximum Gasteiger partial charge on any atom is 0.325 e. The molecule has 0 radical (unpaired) electrons. The molecule has 6 heteroatoms. The first-order valence-electron chi connectivity index (χ1n) is 9.63. The normalized spacial score (nSPS) is 18.9. The molecule has 1 aromatic heterocycles. The van der Waals surface area contributed by atoms with Crippen LogP contribution in [-0.2, 0) is 16.9 Å². The first-order valence-corrected chi connectivity index (χ1v) is 10.0. The van der Waals surface area contributed by atoms with Crippen molar-refractivity contribution in [2.75, 3.05) is 0 Å². The van der Waals surface area contributed by atoms with E-state index in [4.69, 9.17) is 11.6 Å². The summed E-state index contributed by atoms with van der Waals surface area (Å²) in [5, 5.41) is 6.24. The molecule has 0 aliphatic carbocycles. The molecule has 148 valence electrons. The van der Waals surface area contributed by atoms with Gasteiger partial charge < -0.3 is 5.32 Å². The summed E-state index contributed by atoms with van der Waals surface area (Å²) in [5.74, 6) is -0.289. The number of imide groups is 1.